The van der Waals surface area contributed by atoms with E-state index in [1.165, 1.54) is 0 Å². The first-order chi connectivity index (χ1) is 12.2. The number of hydrogen-bond donors (Lipinski definition) is 2. The molecule has 124 valence electrons. The Balaban J connectivity index is 1.62. The molecule has 0 saturated heterocycles. The summed E-state index contributed by atoms with van der Waals surface area (Å²) in [5.41, 5.74) is 5.62. The second kappa shape index (κ2) is 7.79. The van der Waals surface area contributed by atoms with Crippen molar-refractivity contribution in [1.82, 2.24) is 10.9 Å². The van der Waals surface area contributed by atoms with E-state index < -0.39 is 5.91 Å². The van der Waals surface area contributed by atoms with Gasteiger partial charge in [-0.3, -0.25) is 20.4 Å². The van der Waals surface area contributed by atoms with Crippen LogP contribution >= 0.6 is 0 Å². The van der Waals surface area contributed by atoms with Crippen LogP contribution < -0.4 is 15.6 Å². The molecule has 0 spiro atoms. The number of rotatable bonds is 4. The first-order valence-corrected chi connectivity index (χ1v) is 7.71. The van der Waals surface area contributed by atoms with E-state index in [1.54, 1.807) is 48.5 Å². The molecule has 2 amide bonds. The van der Waals surface area contributed by atoms with Crippen LogP contribution in [0.4, 0.5) is 0 Å². The van der Waals surface area contributed by atoms with Crippen LogP contribution in [0.1, 0.15) is 20.7 Å². The van der Waals surface area contributed by atoms with Gasteiger partial charge in [-0.25, -0.2) is 0 Å². The van der Waals surface area contributed by atoms with Crippen molar-refractivity contribution in [3.63, 3.8) is 0 Å². The number of ether oxygens (including phenoxy) is 1. The smallest absolute Gasteiger partial charge is 0.269 e. The van der Waals surface area contributed by atoms with Gasteiger partial charge in [0.25, 0.3) is 11.8 Å². The maximum absolute atomic E-state index is 12.2. The van der Waals surface area contributed by atoms with Crippen molar-refractivity contribution >= 4 is 11.8 Å². The molecule has 0 atom stereocenters. The Labute approximate surface area is 145 Å². The summed E-state index contributed by atoms with van der Waals surface area (Å²) in [5, 5.41) is 0. The van der Waals surface area contributed by atoms with Gasteiger partial charge in [0.15, 0.2) is 0 Å². The summed E-state index contributed by atoms with van der Waals surface area (Å²) >= 11 is 0. The number of hydrogen-bond acceptors (Lipinski definition) is 3. The highest BCUT2D eigenvalue weighted by Crippen LogP contribution is 2.21. The van der Waals surface area contributed by atoms with Crippen LogP contribution in [0.2, 0.25) is 0 Å². The van der Waals surface area contributed by atoms with E-state index in [0.717, 1.165) is 0 Å². The van der Waals surface area contributed by atoms with Crippen LogP contribution in [-0.4, -0.2) is 11.8 Å². The highest BCUT2D eigenvalue weighted by atomic mass is 16.5. The predicted molar refractivity (Wildman–Crippen MR) is 94.3 cm³/mol. The summed E-state index contributed by atoms with van der Waals surface area (Å²) in [6.07, 6.45) is 0. The summed E-state index contributed by atoms with van der Waals surface area (Å²) in [4.78, 5) is 24.1. The van der Waals surface area contributed by atoms with Gasteiger partial charge >= 0.3 is 0 Å². The number of hydrazine groups is 1. The number of carbonyl (C=O) groups excluding carboxylic acids is 2. The highest BCUT2D eigenvalue weighted by Gasteiger charge is 2.09. The number of para-hydroxylation sites is 1. The molecule has 0 radical (unpaired) electrons. The Bertz CT molecular complexity index is 864. The lowest BCUT2D eigenvalue weighted by atomic mass is 10.2. The Morgan fingerprint density at radius 2 is 1.12 bits per heavy atom. The topological polar surface area (TPSA) is 67.4 Å². The maximum atomic E-state index is 12.2. The van der Waals surface area contributed by atoms with E-state index in [0.29, 0.717) is 22.6 Å². The minimum atomic E-state index is -0.428. The molecule has 3 aromatic carbocycles. The molecule has 0 aromatic heterocycles. The van der Waals surface area contributed by atoms with E-state index >= 15 is 0 Å². The van der Waals surface area contributed by atoms with Crippen molar-refractivity contribution in [2.24, 2.45) is 0 Å². The second-order valence-corrected chi connectivity index (χ2v) is 5.22. The first kappa shape index (κ1) is 16.3. The highest BCUT2D eigenvalue weighted by molar-refractivity contribution is 5.99. The second-order valence-electron chi connectivity index (χ2n) is 5.22. The van der Waals surface area contributed by atoms with Gasteiger partial charge < -0.3 is 4.74 Å². The van der Waals surface area contributed by atoms with Crippen molar-refractivity contribution in [2.45, 2.75) is 0 Å². The molecular formula is C20H16N2O3. The quantitative estimate of drug-likeness (QED) is 0.718. The van der Waals surface area contributed by atoms with Crippen molar-refractivity contribution < 1.29 is 14.3 Å². The van der Waals surface area contributed by atoms with E-state index in [2.05, 4.69) is 10.9 Å². The molecular weight excluding hydrogens is 316 g/mol. The van der Waals surface area contributed by atoms with Crippen molar-refractivity contribution in [3.8, 4) is 11.5 Å². The van der Waals surface area contributed by atoms with Gasteiger partial charge in [0.05, 0.1) is 0 Å². The van der Waals surface area contributed by atoms with Crippen LogP contribution in [-0.2, 0) is 0 Å². The number of carbonyl (C=O) groups is 2. The third-order valence-electron chi connectivity index (χ3n) is 3.40. The largest absolute Gasteiger partial charge is 0.457 e. The minimum Gasteiger partial charge on any atom is -0.457 e. The van der Waals surface area contributed by atoms with Gasteiger partial charge in [0.2, 0.25) is 0 Å². The summed E-state index contributed by atoms with van der Waals surface area (Å²) in [6, 6.07) is 24.6. The maximum Gasteiger partial charge on any atom is 0.269 e. The molecule has 0 saturated carbocycles. The lowest BCUT2D eigenvalue weighted by Crippen LogP contribution is -2.41. The fourth-order valence-electron chi connectivity index (χ4n) is 2.17. The van der Waals surface area contributed by atoms with E-state index in [4.69, 9.17) is 4.74 Å². The molecule has 2 N–H and O–H groups in total. The lowest BCUT2D eigenvalue weighted by molar-refractivity contribution is 0.0846. The van der Waals surface area contributed by atoms with Crippen LogP contribution in [0.3, 0.4) is 0 Å². The number of benzene rings is 3. The lowest BCUT2D eigenvalue weighted by Gasteiger charge is -2.09. The zero-order chi connectivity index (χ0) is 17.5. The predicted octanol–water partition coefficient (Wildman–Crippen LogP) is 3.55. The molecule has 0 aliphatic rings. The van der Waals surface area contributed by atoms with Crippen LogP contribution in [0.5, 0.6) is 11.5 Å². The Morgan fingerprint density at radius 1 is 0.600 bits per heavy atom. The normalized spacial score (nSPS) is 9.92. The summed E-state index contributed by atoms with van der Waals surface area (Å²) in [6.45, 7) is 0. The zero-order valence-electron chi connectivity index (χ0n) is 13.3. The first-order valence-electron chi connectivity index (χ1n) is 7.71. The third-order valence-corrected chi connectivity index (χ3v) is 3.40. The molecule has 0 heterocycles. The Kier molecular flexibility index (Phi) is 5.07. The standard InChI is InChI=1S/C20H16N2O3/c23-19(15-8-3-1-4-9-15)21-22-20(24)16-10-7-13-18(14-16)25-17-11-5-2-6-12-17/h1-14H,(H,21,23)(H,22,24). The molecule has 0 aliphatic carbocycles. The minimum absolute atomic E-state index is 0.377. The molecule has 0 aliphatic heterocycles. The molecule has 0 bridgehead atoms. The van der Waals surface area contributed by atoms with Gasteiger partial charge in [0, 0.05) is 11.1 Å². The van der Waals surface area contributed by atoms with Gasteiger partial charge in [0.1, 0.15) is 11.5 Å². The molecule has 3 aromatic rings. The van der Waals surface area contributed by atoms with Gasteiger partial charge in [-0.15, -0.1) is 0 Å². The van der Waals surface area contributed by atoms with E-state index in [-0.39, 0.29) is 5.91 Å². The van der Waals surface area contributed by atoms with Crippen molar-refractivity contribution in [3.05, 3.63) is 96.1 Å². The van der Waals surface area contributed by atoms with Crippen molar-refractivity contribution in [2.75, 3.05) is 0 Å². The van der Waals surface area contributed by atoms with Crippen LogP contribution in [0.25, 0.3) is 0 Å². The molecule has 5 heteroatoms. The molecule has 0 unspecified atom stereocenters. The average Bonchev–Trinajstić information content (AvgIpc) is 2.67. The number of amides is 2. The fraction of sp³-hybridized carbons (Fsp3) is 0. The molecule has 25 heavy (non-hydrogen) atoms. The van der Waals surface area contributed by atoms with Crippen LogP contribution in [0.15, 0.2) is 84.9 Å². The summed E-state index contributed by atoms with van der Waals surface area (Å²) < 4.78 is 5.70. The van der Waals surface area contributed by atoms with Gasteiger partial charge in [-0.1, -0.05) is 42.5 Å². The Morgan fingerprint density at radius 3 is 1.80 bits per heavy atom. The summed E-state index contributed by atoms with van der Waals surface area (Å²) in [5.74, 6) is 0.402. The van der Waals surface area contributed by atoms with E-state index in [9.17, 15) is 9.59 Å². The van der Waals surface area contributed by atoms with Crippen molar-refractivity contribution in [1.29, 1.82) is 0 Å². The number of nitrogens with one attached hydrogen (secondary N) is 2. The Hall–Kier alpha value is -3.60. The van der Waals surface area contributed by atoms with E-state index in [1.807, 2.05) is 36.4 Å². The third kappa shape index (κ3) is 4.45. The monoisotopic (exact) mass is 332 g/mol. The SMILES string of the molecule is O=C(NNC(=O)c1cccc(Oc2ccccc2)c1)c1ccccc1. The molecule has 5 nitrogen and oxygen atoms in total. The average molecular weight is 332 g/mol. The van der Waals surface area contributed by atoms with Crippen LogP contribution in [0, 0.1) is 0 Å². The summed E-state index contributed by atoms with van der Waals surface area (Å²) in [7, 11) is 0. The fourth-order valence-corrected chi connectivity index (χ4v) is 2.17. The zero-order valence-corrected chi connectivity index (χ0v) is 13.3. The van der Waals surface area contributed by atoms with Gasteiger partial charge in [-0.2, -0.15) is 0 Å². The molecule has 0 fully saturated rings. The molecule has 3 rings (SSSR count). The van der Waals surface area contributed by atoms with Gasteiger partial charge in [-0.05, 0) is 42.5 Å².